The molecule has 2 fully saturated rings. The molecule has 2 saturated carbocycles. The van der Waals surface area contributed by atoms with Gasteiger partial charge in [0.2, 0.25) is 0 Å². The van der Waals surface area contributed by atoms with Crippen LogP contribution in [-0.4, -0.2) is 5.54 Å². The average molecular weight is 167 g/mol. The van der Waals surface area contributed by atoms with Gasteiger partial charge in [0.05, 0.1) is 0 Å². The van der Waals surface area contributed by atoms with Gasteiger partial charge in [0.15, 0.2) is 0 Å². The topological polar surface area (TPSA) is 26.0 Å². The van der Waals surface area contributed by atoms with Gasteiger partial charge in [0.1, 0.15) is 0 Å². The Bertz CT molecular complexity index is 141. The van der Waals surface area contributed by atoms with Crippen LogP contribution >= 0.6 is 0 Å². The lowest BCUT2D eigenvalue weighted by molar-refractivity contribution is 0.280. The molecule has 2 N–H and O–H groups in total. The molecule has 0 amide bonds. The van der Waals surface area contributed by atoms with Crippen molar-refractivity contribution in [3.8, 4) is 0 Å². The van der Waals surface area contributed by atoms with Crippen molar-refractivity contribution in [1.82, 2.24) is 0 Å². The highest BCUT2D eigenvalue weighted by atomic mass is 14.8. The minimum Gasteiger partial charge on any atom is -0.325 e. The van der Waals surface area contributed by atoms with E-state index in [1.807, 2.05) is 0 Å². The third kappa shape index (κ3) is 1.82. The predicted molar refractivity (Wildman–Crippen MR) is 52.0 cm³/mol. The molecule has 0 spiro atoms. The Hall–Kier alpha value is -0.0400. The van der Waals surface area contributed by atoms with E-state index in [0.29, 0.717) is 0 Å². The molecule has 0 atom stereocenters. The molecule has 1 heteroatoms. The maximum atomic E-state index is 6.43. The van der Waals surface area contributed by atoms with E-state index >= 15 is 0 Å². The SMILES string of the molecule is NC1(C2CC2)CCCCCCC1. The summed E-state index contributed by atoms with van der Waals surface area (Å²) in [5, 5.41) is 0. The largest absolute Gasteiger partial charge is 0.325 e. The van der Waals surface area contributed by atoms with Gasteiger partial charge in [-0.3, -0.25) is 0 Å². The Balaban J connectivity index is 1.91. The van der Waals surface area contributed by atoms with E-state index in [4.69, 9.17) is 5.73 Å². The first-order chi connectivity index (χ1) is 5.81. The number of hydrogen-bond donors (Lipinski definition) is 1. The fraction of sp³-hybridized carbons (Fsp3) is 1.00. The smallest absolute Gasteiger partial charge is 0.0182 e. The van der Waals surface area contributed by atoms with E-state index in [0.717, 1.165) is 5.92 Å². The van der Waals surface area contributed by atoms with E-state index in [-0.39, 0.29) is 5.54 Å². The summed E-state index contributed by atoms with van der Waals surface area (Å²) in [6.07, 6.45) is 12.5. The molecule has 0 bridgehead atoms. The Morgan fingerprint density at radius 1 is 0.833 bits per heavy atom. The van der Waals surface area contributed by atoms with Crippen LogP contribution in [0.15, 0.2) is 0 Å². The van der Waals surface area contributed by atoms with Crippen LogP contribution in [0.3, 0.4) is 0 Å². The van der Waals surface area contributed by atoms with Gasteiger partial charge in [-0.15, -0.1) is 0 Å². The summed E-state index contributed by atoms with van der Waals surface area (Å²) in [6, 6.07) is 0. The van der Waals surface area contributed by atoms with Crippen molar-refractivity contribution in [3.05, 3.63) is 0 Å². The van der Waals surface area contributed by atoms with Crippen molar-refractivity contribution in [2.45, 2.75) is 63.3 Å². The lowest BCUT2D eigenvalue weighted by Crippen LogP contribution is -2.42. The van der Waals surface area contributed by atoms with Gasteiger partial charge >= 0.3 is 0 Å². The highest BCUT2D eigenvalue weighted by Gasteiger charge is 2.41. The Labute approximate surface area is 75.7 Å². The van der Waals surface area contributed by atoms with E-state index in [2.05, 4.69) is 0 Å². The Kier molecular flexibility index (Phi) is 2.40. The van der Waals surface area contributed by atoms with Crippen molar-refractivity contribution < 1.29 is 0 Å². The Morgan fingerprint density at radius 2 is 1.33 bits per heavy atom. The first-order valence-corrected chi connectivity index (χ1v) is 5.60. The zero-order valence-electron chi connectivity index (χ0n) is 8.02. The molecular weight excluding hydrogens is 146 g/mol. The molecule has 0 radical (unpaired) electrons. The molecule has 0 aromatic carbocycles. The molecule has 0 saturated heterocycles. The summed E-state index contributed by atoms with van der Waals surface area (Å²) in [5.41, 5.74) is 6.70. The standard InChI is InChI=1S/C11H21N/c12-11(10-6-7-10)8-4-2-1-3-5-9-11/h10H,1-9,12H2. The van der Waals surface area contributed by atoms with Crippen LogP contribution in [0.4, 0.5) is 0 Å². The highest BCUT2D eigenvalue weighted by molar-refractivity contribution is 4.98. The number of nitrogens with two attached hydrogens (primary N) is 1. The minimum absolute atomic E-state index is 0.264. The van der Waals surface area contributed by atoms with Crippen molar-refractivity contribution in [1.29, 1.82) is 0 Å². The lowest BCUT2D eigenvalue weighted by atomic mass is 9.81. The van der Waals surface area contributed by atoms with Gasteiger partial charge in [0, 0.05) is 5.54 Å². The van der Waals surface area contributed by atoms with E-state index in [1.165, 1.54) is 57.8 Å². The third-order valence-corrected chi connectivity index (χ3v) is 3.67. The summed E-state index contributed by atoms with van der Waals surface area (Å²) in [4.78, 5) is 0. The first kappa shape index (κ1) is 8.55. The summed E-state index contributed by atoms with van der Waals surface area (Å²) in [7, 11) is 0. The van der Waals surface area contributed by atoms with Gasteiger partial charge in [-0.05, 0) is 31.6 Å². The molecule has 1 nitrogen and oxygen atoms in total. The second-order valence-electron chi connectivity index (χ2n) is 4.78. The van der Waals surface area contributed by atoms with Crippen molar-refractivity contribution in [3.63, 3.8) is 0 Å². The van der Waals surface area contributed by atoms with Crippen molar-refractivity contribution >= 4 is 0 Å². The number of hydrogen-bond acceptors (Lipinski definition) is 1. The van der Waals surface area contributed by atoms with Gasteiger partial charge in [-0.25, -0.2) is 0 Å². The molecule has 0 aromatic rings. The summed E-state index contributed by atoms with van der Waals surface area (Å²) in [6.45, 7) is 0. The quantitative estimate of drug-likeness (QED) is 0.638. The van der Waals surface area contributed by atoms with Crippen LogP contribution in [0.2, 0.25) is 0 Å². The second-order valence-corrected chi connectivity index (χ2v) is 4.78. The lowest BCUT2D eigenvalue weighted by Gasteiger charge is -2.31. The van der Waals surface area contributed by atoms with Gasteiger partial charge in [-0.2, -0.15) is 0 Å². The zero-order valence-corrected chi connectivity index (χ0v) is 8.02. The van der Waals surface area contributed by atoms with E-state index < -0.39 is 0 Å². The molecule has 2 rings (SSSR count). The Morgan fingerprint density at radius 3 is 1.83 bits per heavy atom. The van der Waals surface area contributed by atoms with Crippen LogP contribution in [0, 0.1) is 5.92 Å². The maximum Gasteiger partial charge on any atom is 0.0182 e. The molecule has 12 heavy (non-hydrogen) atoms. The predicted octanol–water partition coefficient (Wildman–Crippen LogP) is 2.84. The molecular formula is C11H21N. The average Bonchev–Trinajstić information content (AvgIpc) is 2.79. The third-order valence-electron chi connectivity index (χ3n) is 3.67. The van der Waals surface area contributed by atoms with Crippen LogP contribution in [-0.2, 0) is 0 Å². The van der Waals surface area contributed by atoms with Crippen LogP contribution < -0.4 is 5.73 Å². The normalized spacial score (nSPS) is 30.8. The molecule has 0 unspecified atom stereocenters. The van der Waals surface area contributed by atoms with Crippen molar-refractivity contribution in [2.75, 3.05) is 0 Å². The molecule has 2 aliphatic carbocycles. The molecule has 0 aliphatic heterocycles. The molecule has 0 aromatic heterocycles. The number of rotatable bonds is 1. The first-order valence-electron chi connectivity index (χ1n) is 5.60. The van der Waals surface area contributed by atoms with Gasteiger partial charge < -0.3 is 5.73 Å². The van der Waals surface area contributed by atoms with Crippen LogP contribution in [0.25, 0.3) is 0 Å². The highest BCUT2D eigenvalue weighted by Crippen LogP contribution is 2.44. The van der Waals surface area contributed by atoms with Gasteiger partial charge in [-0.1, -0.05) is 32.1 Å². The summed E-state index contributed by atoms with van der Waals surface area (Å²) < 4.78 is 0. The maximum absolute atomic E-state index is 6.43. The van der Waals surface area contributed by atoms with Crippen molar-refractivity contribution in [2.24, 2.45) is 11.7 Å². The monoisotopic (exact) mass is 167 g/mol. The van der Waals surface area contributed by atoms with Gasteiger partial charge in [0.25, 0.3) is 0 Å². The minimum atomic E-state index is 0.264. The van der Waals surface area contributed by atoms with Crippen LogP contribution in [0.1, 0.15) is 57.8 Å². The van der Waals surface area contributed by atoms with E-state index in [1.54, 1.807) is 0 Å². The van der Waals surface area contributed by atoms with Crippen LogP contribution in [0.5, 0.6) is 0 Å². The summed E-state index contributed by atoms with van der Waals surface area (Å²) >= 11 is 0. The fourth-order valence-corrected chi connectivity index (χ4v) is 2.63. The zero-order chi connectivity index (χ0) is 8.44. The molecule has 2 aliphatic rings. The summed E-state index contributed by atoms with van der Waals surface area (Å²) in [5.74, 6) is 0.899. The fourth-order valence-electron chi connectivity index (χ4n) is 2.63. The second kappa shape index (κ2) is 3.37. The molecule has 0 heterocycles. The van der Waals surface area contributed by atoms with E-state index in [9.17, 15) is 0 Å². The molecule has 70 valence electrons.